The van der Waals surface area contributed by atoms with Crippen LogP contribution < -0.4 is 5.32 Å². The molecule has 1 rings (SSSR count). The first-order chi connectivity index (χ1) is 10.2. The quantitative estimate of drug-likeness (QED) is 0.663. The summed E-state index contributed by atoms with van der Waals surface area (Å²) in [5.41, 5.74) is -1.06. The molecule has 8 heteroatoms. The van der Waals surface area contributed by atoms with Gasteiger partial charge >= 0.3 is 17.9 Å². The number of rotatable bonds is 4. The van der Waals surface area contributed by atoms with Crippen LogP contribution in [0.4, 0.5) is 5.88 Å². The van der Waals surface area contributed by atoms with Crippen LogP contribution in [0.25, 0.3) is 0 Å². The number of furan rings is 1. The van der Waals surface area contributed by atoms with Gasteiger partial charge in [0.2, 0.25) is 11.6 Å². The average molecular weight is 313 g/mol. The summed E-state index contributed by atoms with van der Waals surface area (Å²) >= 11 is 0. The van der Waals surface area contributed by atoms with Crippen molar-refractivity contribution < 1.29 is 33.0 Å². The summed E-state index contributed by atoms with van der Waals surface area (Å²) in [7, 11) is 3.39. The average Bonchev–Trinajstić information content (AvgIpc) is 2.81. The largest absolute Gasteiger partial charge is 0.465 e. The lowest BCUT2D eigenvalue weighted by Gasteiger charge is -2.20. The van der Waals surface area contributed by atoms with E-state index in [2.05, 4.69) is 19.5 Å². The summed E-state index contributed by atoms with van der Waals surface area (Å²) in [4.78, 5) is 35.7. The molecule has 0 aliphatic heterocycles. The molecule has 0 aliphatic carbocycles. The van der Waals surface area contributed by atoms with Gasteiger partial charge in [-0.2, -0.15) is 0 Å². The Morgan fingerprint density at radius 1 is 0.864 bits per heavy atom. The van der Waals surface area contributed by atoms with Crippen LogP contribution in [0.2, 0.25) is 0 Å². The Labute approximate surface area is 127 Å². The number of hydrogen-bond acceptors (Lipinski definition) is 8. The molecule has 22 heavy (non-hydrogen) atoms. The molecule has 0 radical (unpaired) electrons. The molecule has 1 N–H and O–H groups in total. The minimum atomic E-state index is -0.911. The van der Waals surface area contributed by atoms with Gasteiger partial charge in [0, 0.05) is 5.54 Å². The monoisotopic (exact) mass is 313 g/mol. The molecule has 0 bridgehead atoms. The van der Waals surface area contributed by atoms with Gasteiger partial charge in [-0.1, -0.05) is 0 Å². The van der Waals surface area contributed by atoms with E-state index in [-0.39, 0.29) is 17.0 Å². The first-order valence-corrected chi connectivity index (χ1v) is 6.36. The Balaban J connectivity index is 3.63. The Hall–Kier alpha value is -2.51. The summed E-state index contributed by atoms with van der Waals surface area (Å²) in [6, 6.07) is 0. The molecule has 0 aliphatic rings. The summed E-state index contributed by atoms with van der Waals surface area (Å²) < 4.78 is 19.2. The van der Waals surface area contributed by atoms with Gasteiger partial charge < -0.3 is 23.9 Å². The lowest BCUT2D eigenvalue weighted by atomic mass is 10.1. The molecule has 0 fully saturated rings. The fourth-order valence-electron chi connectivity index (χ4n) is 1.69. The van der Waals surface area contributed by atoms with E-state index in [0.717, 1.165) is 21.3 Å². The van der Waals surface area contributed by atoms with Crippen molar-refractivity contribution in [1.82, 2.24) is 0 Å². The second-order valence-electron chi connectivity index (χ2n) is 5.36. The summed E-state index contributed by atoms with van der Waals surface area (Å²) in [6.45, 7) is 5.44. The minimum Gasteiger partial charge on any atom is -0.465 e. The zero-order chi connectivity index (χ0) is 17.1. The van der Waals surface area contributed by atoms with E-state index >= 15 is 0 Å². The molecule has 1 heterocycles. The van der Waals surface area contributed by atoms with E-state index < -0.39 is 29.2 Å². The number of esters is 3. The number of carbonyl (C=O) groups is 3. The zero-order valence-electron chi connectivity index (χ0n) is 13.4. The van der Waals surface area contributed by atoms with Gasteiger partial charge in [-0.15, -0.1) is 0 Å². The number of methoxy groups -OCH3 is 3. The fraction of sp³-hybridized carbons (Fsp3) is 0.500. The number of ether oxygens (including phenoxy) is 3. The normalized spacial score (nSPS) is 10.8. The summed E-state index contributed by atoms with van der Waals surface area (Å²) in [5, 5.41) is 2.90. The maximum atomic E-state index is 12.0. The highest BCUT2D eigenvalue weighted by Crippen LogP contribution is 2.31. The van der Waals surface area contributed by atoms with Crippen LogP contribution in [0.15, 0.2) is 4.42 Å². The second kappa shape index (κ2) is 6.50. The molecule has 0 aromatic carbocycles. The van der Waals surface area contributed by atoms with Crippen LogP contribution in [0, 0.1) is 0 Å². The SMILES string of the molecule is COC(=O)c1oc(NC(C)(C)C)c(C(=O)OC)c1C(=O)OC. The maximum Gasteiger partial charge on any atom is 0.375 e. The predicted molar refractivity (Wildman–Crippen MR) is 76.1 cm³/mol. The van der Waals surface area contributed by atoms with Crippen molar-refractivity contribution in [2.45, 2.75) is 26.3 Å². The summed E-state index contributed by atoms with van der Waals surface area (Å²) in [5.74, 6) is -3.16. The smallest absolute Gasteiger partial charge is 0.375 e. The van der Waals surface area contributed by atoms with E-state index in [1.807, 2.05) is 20.8 Å². The number of hydrogen-bond donors (Lipinski definition) is 1. The molecule has 0 saturated heterocycles. The second-order valence-corrected chi connectivity index (χ2v) is 5.36. The van der Waals surface area contributed by atoms with Crippen molar-refractivity contribution in [2.24, 2.45) is 0 Å². The molecule has 1 aromatic heterocycles. The molecule has 122 valence electrons. The molecule has 0 atom stereocenters. The highest BCUT2D eigenvalue weighted by Gasteiger charge is 2.36. The van der Waals surface area contributed by atoms with Gasteiger partial charge in [0.05, 0.1) is 21.3 Å². The highest BCUT2D eigenvalue weighted by molar-refractivity contribution is 6.12. The lowest BCUT2D eigenvalue weighted by Crippen LogP contribution is -2.27. The zero-order valence-corrected chi connectivity index (χ0v) is 13.4. The Morgan fingerprint density at radius 2 is 1.32 bits per heavy atom. The first-order valence-electron chi connectivity index (χ1n) is 6.36. The fourth-order valence-corrected chi connectivity index (χ4v) is 1.69. The Kier molecular flexibility index (Phi) is 5.19. The third kappa shape index (κ3) is 3.57. The maximum absolute atomic E-state index is 12.0. The van der Waals surface area contributed by atoms with Gasteiger partial charge in [0.1, 0.15) is 11.1 Å². The minimum absolute atomic E-state index is 0.0693. The topological polar surface area (TPSA) is 104 Å². The third-order valence-electron chi connectivity index (χ3n) is 2.55. The number of anilines is 1. The molecule has 0 spiro atoms. The van der Waals surface area contributed by atoms with E-state index in [1.165, 1.54) is 0 Å². The third-order valence-corrected chi connectivity index (χ3v) is 2.55. The molecule has 1 aromatic rings. The van der Waals surface area contributed by atoms with Crippen molar-refractivity contribution in [3.05, 3.63) is 16.9 Å². The van der Waals surface area contributed by atoms with Crippen LogP contribution >= 0.6 is 0 Å². The van der Waals surface area contributed by atoms with Gasteiger partial charge in [0.25, 0.3) is 0 Å². The van der Waals surface area contributed by atoms with Crippen molar-refractivity contribution in [3.63, 3.8) is 0 Å². The van der Waals surface area contributed by atoms with Gasteiger partial charge in [-0.3, -0.25) is 0 Å². The molecular weight excluding hydrogens is 294 g/mol. The van der Waals surface area contributed by atoms with E-state index in [0.29, 0.717) is 0 Å². The number of nitrogens with one attached hydrogen (secondary N) is 1. The van der Waals surface area contributed by atoms with Crippen LogP contribution in [0.3, 0.4) is 0 Å². The lowest BCUT2D eigenvalue weighted by molar-refractivity contribution is 0.0523. The first kappa shape index (κ1) is 17.5. The van der Waals surface area contributed by atoms with E-state index in [4.69, 9.17) is 4.42 Å². The van der Waals surface area contributed by atoms with Crippen molar-refractivity contribution in [3.8, 4) is 0 Å². The van der Waals surface area contributed by atoms with E-state index in [9.17, 15) is 14.4 Å². The standard InChI is InChI=1S/C14H19NO7/c1-14(2,3)15-10-8(12(17)20-5)7(11(16)19-4)9(22-10)13(18)21-6/h15H,1-6H3. The Bertz CT molecular complexity index is 595. The van der Waals surface area contributed by atoms with Crippen LogP contribution in [-0.4, -0.2) is 44.8 Å². The molecule has 0 saturated carbocycles. The van der Waals surface area contributed by atoms with Gasteiger partial charge in [0.15, 0.2) is 0 Å². The Morgan fingerprint density at radius 3 is 1.73 bits per heavy atom. The van der Waals surface area contributed by atoms with Crippen LogP contribution in [0.5, 0.6) is 0 Å². The van der Waals surface area contributed by atoms with Crippen molar-refractivity contribution >= 4 is 23.8 Å². The molecule has 8 nitrogen and oxygen atoms in total. The molecule has 0 unspecified atom stereocenters. The number of carbonyl (C=O) groups excluding carboxylic acids is 3. The van der Waals surface area contributed by atoms with Crippen molar-refractivity contribution in [1.29, 1.82) is 0 Å². The van der Waals surface area contributed by atoms with Crippen molar-refractivity contribution in [2.75, 3.05) is 26.6 Å². The summed E-state index contributed by atoms with van der Waals surface area (Å²) in [6.07, 6.45) is 0. The van der Waals surface area contributed by atoms with E-state index in [1.54, 1.807) is 0 Å². The molecular formula is C14H19NO7. The highest BCUT2D eigenvalue weighted by atomic mass is 16.5. The van der Waals surface area contributed by atoms with Crippen LogP contribution in [0.1, 0.15) is 52.0 Å². The van der Waals surface area contributed by atoms with Gasteiger partial charge in [-0.05, 0) is 20.8 Å². The van der Waals surface area contributed by atoms with Gasteiger partial charge in [-0.25, -0.2) is 14.4 Å². The molecule has 0 amide bonds. The predicted octanol–water partition coefficient (Wildman–Crippen LogP) is 1.85. The van der Waals surface area contributed by atoms with Crippen LogP contribution in [-0.2, 0) is 14.2 Å².